The molecule has 1 saturated heterocycles. The lowest BCUT2D eigenvalue weighted by Gasteiger charge is -2.39. The maximum atomic E-state index is 13.9. The third-order valence-corrected chi connectivity index (χ3v) is 7.46. The summed E-state index contributed by atoms with van der Waals surface area (Å²) in [6, 6.07) is 19.3. The average Bonchev–Trinajstić information content (AvgIpc) is 3.16. The smallest absolute Gasteiger partial charge is 0.338 e. The Labute approximate surface area is 208 Å². The third kappa shape index (κ3) is 4.09. The summed E-state index contributed by atoms with van der Waals surface area (Å²) >= 11 is 6.06. The number of hydrogen-bond donors (Lipinski definition) is 1. The Bertz CT molecular complexity index is 1350. The number of hydrazine groups is 1. The number of rotatable bonds is 3. The highest BCUT2D eigenvalue weighted by Crippen LogP contribution is 2.49. The number of carbonyl (C=O) groups is 1. The highest BCUT2D eigenvalue weighted by atomic mass is 35.5. The maximum absolute atomic E-state index is 13.9. The average molecular weight is 490 g/mol. The van der Waals surface area contributed by atoms with Gasteiger partial charge in [-0.3, -0.25) is 5.01 Å². The Morgan fingerprint density at radius 3 is 2.54 bits per heavy atom. The molecule has 0 saturated carbocycles. The van der Waals surface area contributed by atoms with Crippen LogP contribution in [0.25, 0.3) is 11.1 Å². The number of hydrogen-bond acceptors (Lipinski definition) is 4. The van der Waals surface area contributed by atoms with Gasteiger partial charge in [0.05, 0.1) is 34.6 Å². The van der Waals surface area contributed by atoms with Gasteiger partial charge in [0, 0.05) is 5.41 Å². The topological polar surface area (TPSA) is 76.6 Å². The first-order valence-electron chi connectivity index (χ1n) is 11.5. The summed E-state index contributed by atoms with van der Waals surface area (Å²) < 4.78 is 13.9. The highest BCUT2D eigenvalue weighted by Gasteiger charge is 2.47. The van der Waals surface area contributed by atoms with Gasteiger partial charge in [0.1, 0.15) is 5.82 Å². The van der Waals surface area contributed by atoms with Crippen LogP contribution in [0.4, 0.5) is 20.6 Å². The lowest BCUT2D eigenvalue weighted by Crippen LogP contribution is -2.52. The molecule has 2 aliphatic rings. The van der Waals surface area contributed by atoms with Gasteiger partial charge >= 0.3 is 6.03 Å². The number of benzene rings is 3. The van der Waals surface area contributed by atoms with Crippen molar-refractivity contribution in [1.29, 1.82) is 5.26 Å². The zero-order chi connectivity index (χ0) is 24.7. The maximum Gasteiger partial charge on any atom is 0.338 e. The summed E-state index contributed by atoms with van der Waals surface area (Å²) in [6.07, 6.45) is 1.88. The Morgan fingerprint density at radius 1 is 1.11 bits per heavy atom. The SMILES string of the molecule is CN1CCC2(CC1)CN(N(C(N)=O)c1ccc(F)c(Cl)c1)c1cc(-c3cccc(C#N)c3)ccc12. The van der Waals surface area contributed by atoms with E-state index in [2.05, 4.69) is 30.1 Å². The molecular weight excluding hydrogens is 465 g/mol. The normalized spacial score (nSPS) is 16.7. The van der Waals surface area contributed by atoms with E-state index < -0.39 is 11.8 Å². The molecular formula is C27H25ClFN5O. The van der Waals surface area contributed by atoms with Crippen LogP contribution in [0.15, 0.2) is 60.7 Å². The number of nitrogens with zero attached hydrogens (tertiary/aromatic N) is 4. The lowest BCUT2D eigenvalue weighted by molar-refractivity contribution is 0.196. The fourth-order valence-corrected chi connectivity index (χ4v) is 5.43. The zero-order valence-electron chi connectivity index (χ0n) is 19.3. The molecule has 0 aromatic heterocycles. The van der Waals surface area contributed by atoms with Crippen LogP contribution in [0.5, 0.6) is 0 Å². The number of amides is 2. The third-order valence-electron chi connectivity index (χ3n) is 7.17. The molecule has 1 fully saturated rings. The number of nitriles is 1. The summed E-state index contributed by atoms with van der Waals surface area (Å²) in [5.41, 5.74) is 10.6. The quantitative estimate of drug-likeness (QED) is 0.541. The molecule has 0 bridgehead atoms. The predicted octanol–water partition coefficient (Wildman–Crippen LogP) is 5.30. The second-order valence-corrected chi connectivity index (χ2v) is 9.72. The molecule has 0 aliphatic carbocycles. The van der Waals surface area contributed by atoms with E-state index in [9.17, 15) is 14.4 Å². The van der Waals surface area contributed by atoms with E-state index in [-0.39, 0.29) is 10.4 Å². The summed E-state index contributed by atoms with van der Waals surface area (Å²) in [5.74, 6) is -0.562. The summed E-state index contributed by atoms with van der Waals surface area (Å²) in [7, 11) is 2.11. The first-order chi connectivity index (χ1) is 16.8. The van der Waals surface area contributed by atoms with Gasteiger partial charge in [0.2, 0.25) is 0 Å². The number of halogens is 2. The van der Waals surface area contributed by atoms with Gasteiger partial charge in [0.25, 0.3) is 0 Å². The molecule has 3 aromatic carbocycles. The van der Waals surface area contributed by atoms with Gasteiger partial charge in [-0.1, -0.05) is 35.9 Å². The van der Waals surface area contributed by atoms with Crippen LogP contribution >= 0.6 is 11.6 Å². The first kappa shape index (κ1) is 23.2. The van der Waals surface area contributed by atoms with Crippen LogP contribution in [0.2, 0.25) is 5.02 Å². The molecule has 2 heterocycles. The fraction of sp³-hybridized carbons (Fsp3) is 0.259. The molecule has 5 rings (SSSR count). The number of likely N-dealkylation sites (tertiary alicyclic amines) is 1. The van der Waals surface area contributed by atoms with Crippen molar-refractivity contribution in [2.24, 2.45) is 5.73 Å². The minimum Gasteiger partial charge on any atom is -0.350 e. The minimum absolute atomic E-state index is 0.0794. The second-order valence-electron chi connectivity index (χ2n) is 9.31. The molecule has 2 N–H and O–H groups in total. The van der Waals surface area contributed by atoms with E-state index in [4.69, 9.17) is 17.3 Å². The molecule has 2 amide bonds. The Kier molecular flexibility index (Phi) is 5.87. The minimum atomic E-state index is -0.680. The van der Waals surface area contributed by atoms with Crippen molar-refractivity contribution in [3.05, 3.63) is 82.6 Å². The molecule has 0 atom stereocenters. The van der Waals surface area contributed by atoms with Gasteiger partial charge in [-0.15, -0.1) is 0 Å². The molecule has 8 heteroatoms. The summed E-state index contributed by atoms with van der Waals surface area (Å²) in [4.78, 5) is 15.1. The van der Waals surface area contributed by atoms with Crippen LogP contribution < -0.4 is 15.8 Å². The number of urea groups is 1. The predicted molar refractivity (Wildman–Crippen MR) is 136 cm³/mol. The molecule has 1 spiro atoms. The Balaban J connectivity index is 1.65. The molecule has 0 radical (unpaired) electrons. The number of nitrogens with two attached hydrogens (primary N) is 1. The largest absolute Gasteiger partial charge is 0.350 e. The standard InChI is InChI=1S/C27H25ClFN5O/c1-32-11-9-27(10-12-32)17-33(34(26(31)35)21-6-8-24(29)23(28)15-21)25-14-20(5-7-22(25)27)19-4-2-3-18(13-19)16-30/h2-8,13-15H,9-12,17H2,1H3,(H2,31,35). The van der Waals surface area contributed by atoms with Gasteiger partial charge in [-0.2, -0.15) is 5.26 Å². The van der Waals surface area contributed by atoms with E-state index in [1.54, 1.807) is 6.07 Å². The van der Waals surface area contributed by atoms with E-state index in [1.807, 2.05) is 29.3 Å². The Hall–Kier alpha value is -3.60. The van der Waals surface area contributed by atoms with E-state index in [0.717, 1.165) is 48.3 Å². The number of primary amides is 1. The van der Waals surface area contributed by atoms with Gasteiger partial charge in [-0.05, 0) is 86.1 Å². The van der Waals surface area contributed by atoms with Crippen LogP contribution in [-0.4, -0.2) is 37.6 Å². The number of piperidine rings is 1. The van der Waals surface area contributed by atoms with Crippen molar-refractivity contribution in [2.45, 2.75) is 18.3 Å². The van der Waals surface area contributed by atoms with E-state index in [0.29, 0.717) is 17.8 Å². The monoisotopic (exact) mass is 489 g/mol. The first-order valence-corrected chi connectivity index (χ1v) is 11.8. The summed E-state index contributed by atoms with van der Waals surface area (Å²) in [6.45, 7) is 2.45. The van der Waals surface area contributed by atoms with Crippen molar-refractivity contribution >= 4 is 29.0 Å². The van der Waals surface area contributed by atoms with Crippen LogP contribution in [-0.2, 0) is 5.41 Å². The van der Waals surface area contributed by atoms with Crippen LogP contribution in [0.1, 0.15) is 24.0 Å². The van der Waals surface area contributed by atoms with Crippen molar-refractivity contribution < 1.29 is 9.18 Å². The van der Waals surface area contributed by atoms with Crippen molar-refractivity contribution in [2.75, 3.05) is 36.7 Å². The lowest BCUT2D eigenvalue weighted by atomic mass is 9.74. The summed E-state index contributed by atoms with van der Waals surface area (Å²) in [5, 5.41) is 12.5. The molecule has 178 valence electrons. The molecule has 3 aromatic rings. The van der Waals surface area contributed by atoms with E-state index >= 15 is 0 Å². The second kappa shape index (κ2) is 8.88. The van der Waals surface area contributed by atoms with Crippen molar-refractivity contribution in [3.8, 4) is 17.2 Å². The molecule has 6 nitrogen and oxygen atoms in total. The fourth-order valence-electron chi connectivity index (χ4n) is 5.25. The number of carbonyl (C=O) groups excluding carboxylic acids is 1. The van der Waals surface area contributed by atoms with Crippen LogP contribution in [0.3, 0.4) is 0 Å². The zero-order valence-corrected chi connectivity index (χ0v) is 20.1. The van der Waals surface area contributed by atoms with Gasteiger partial charge < -0.3 is 10.6 Å². The van der Waals surface area contributed by atoms with Gasteiger partial charge in [-0.25, -0.2) is 14.2 Å². The molecule has 2 aliphatic heterocycles. The Morgan fingerprint density at radius 2 is 1.86 bits per heavy atom. The van der Waals surface area contributed by atoms with E-state index in [1.165, 1.54) is 23.2 Å². The highest BCUT2D eigenvalue weighted by molar-refractivity contribution is 6.31. The number of fused-ring (bicyclic) bond motifs is 2. The molecule has 35 heavy (non-hydrogen) atoms. The molecule has 0 unspecified atom stereocenters. The van der Waals surface area contributed by atoms with Gasteiger partial charge in [0.15, 0.2) is 0 Å². The van der Waals surface area contributed by atoms with Crippen molar-refractivity contribution in [3.63, 3.8) is 0 Å². The number of anilines is 2. The van der Waals surface area contributed by atoms with Crippen LogP contribution in [0, 0.1) is 17.1 Å². The van der Waals surface area contributed by atoms with Crippen molar-refractivity contribution in [1.82, 2.24) is 4.90 Å².